The third-order valence-corrected chi connectivity index (χ3v) is 5.42. The standard InChI is InChI=1S/C25H31FN2O3/c1-15(2)25(30)28-13-12-18-8-11-21(31-17(5)24(29)27-16(3)4)14-22(18)23(28)19-6-9-20(26)10-7-19/h6-11,14-17,23H,12-13H2,1-5H3,(H,27,29)/t17-,23-/m1/s1. The molecule has 3 rings (SSSR count). The smallest absolute Gasteiger partial charge is 0.260 e. The Kier molecular flexibility index (Phi) is 6.98. The maximum atomic E-state index is 13.6. The van der Waals surface area contributed by atoms with E-state index in [4.69, 9.17) is 4.74 Å². The van der Waals surface area contributed by atoms with Gasteiger partial charge in [0, 0.05) is 18.5 Å². The first-order chi connectivity index (χ1) is 14.7. The van der Waals surface area contributed by atoms with Gasteiger partial charge in [-0.15, -0.1) is 0 Å². The van der Waals surface area contributed by atoms with Crippen molar-refractivity contribution in [2.45, 2.75) is 59.2 Å². The fourth-order valence-corrected chi connectivity index (χ4v) is 3.90. The number of rotatable bonds is 6. The van der Waals surface area contributed by atoms with E-state index in [1.165, 1.54) is 12.1 Å². The first-order valence-electron chi connectivity index (χ1n) is 10.8. The lowest BCUT2D eigenvalue weighted by Crippen LogP contribution is -2.42. The monoisotopic (exact) mass is 426 g/mol. The van der Waals surface area contributed by atoms with E-state index in [1.54, 1.807) is 19.1 Å². The molecule has 0 spiro atoms. The van der Waals surface area contributed by atoms with Gasteiger partial charge in [-0.2, -0.15) is 0 Å². The predicted molar refractivity (Wildman–Crippen MR) is 118 cm³/mol. The molecule has 5 nitrogen and oxygen atoms in total. The summed E-state index contributed by atoms with van der Waals surface area (Å²) in [5.41, 5.74) is 2.91. The van der Waals surface area contributed by atoms with Crippen LogP contribution in [-0.2, 0) is 16.0 Å². The van der Waals surface area contributed by atoms with Gasteiger partial charge in [-0.3, -0.25) is 9.59 Å². The fourth-order valence-electron chi connectivity index (χ4n) is 3.90. The molecule has 31 heavy (non-hydrogen) atoms. The Bertz CT molecular complexity index is 940. The fraction of sp³-hybridized carbons (Fsp3) is 0.440. The van der Waals surface area contributed by atoms with E-state index in [0.29, 0.717) is 12.3 Å². The van der Waals surface area contributed by atoms with Gasteiger partial charge in [0.1, 0.15) is 11.6 Å². The lowest BCUT2D eigenvalue weighted by atomic mass is 9.87. The number of amides is 2. The molecule has 2 aromatic rings. The summed E-state index contributed by atoms with van der Waals surface area (Å²) in [6, 6.07) is 11.7. The number of nitrogens with one attached hydrogen (secondary N) is 1. The molecule has 6 heteroatoms. The van der Waals surface area contributed by atoms with Crippen molar-refractivity contribution in [2.24, 2.45) is 5.92 Å². The van der Waals surface area contributed by atoms with Crippen LogP contribution in [0.25, 0.3) is 0 Å². The van der Waals surface area contributed by atoms with E-state index in [9.17, 15) is 14.0 Å². The van der Waals surface area contributed by atoms with Gasteiger partial charge >= 0.3 is 0 Å². The van der Waals surface area contributed by atoms with Crippen LogP contribution in [0.15, 0.2) is 42.5 Å². The molecule has 2 aromatic carbocycles. The molecule has 0 saturated heterocycles. The summed E-state index contributed by atoms with van der Waals surface area (Å²) in [6.45, 7) is 9.87. The van der Waals surface area contributed by atoms with Crippen molar-refractivity contribution in [2.75, 3.05) is 6.54 Å². The number of carbonyl (C=O) groups excluding carboxylic acids is 2. The Morgan fingerprint density at radius 2 is 1.74 bits per heavy atom. The van der Waals surface area contributed by atoms with E-state index in [-0.39, 0.29) is 35.6 Å². The molecule has 1 N–H and O–H groups in total. The molecule has 0 saturated carbocycles. The van der Waals surface area contributed by atoms with Crippen molar-refractivity contribution in [1.82, 2.24) is 10.2 Å². The lowest BCUT2D eigenvalue weighted by molar-refractivity contribution is -0.136. The van der Waals surface area contributed by atoms with Crippen molar-refractivity contribution < 1.29 is 18.7 Å². The van der Waals surface area contributed by atoms with Gasteiger partial charge in [0.05, 0.1) is 6.04 Å². The van der Waals surface area contributed by atoms with Crippen molar-refractivity contribution in [3.05, 3.63) is 65.0 Å². The summed E-state index contributed by atoms with van der Waals surface area (Å²) in [5.74, 6) is -0.0289. The Hall–Kier alpha value is -2.89. The molecule has 1 heterocycles. The van der Waals surface area contributed by atoms with Crippen LogP contribution in [0.4, 0.5) is 4.39 Å². The van der Waals surface area contributed by atoms with E-state index >= 15 is 0 Å². The first-order valence-corrected chi connectivity index (χ1v) is 10.8. The summed E-state index contributed by atoms with van der Waals surface area (Å²) in [4.78, 5) is 27.1. The number of fused-ring (bicyclic) bond motifs is 1. The maximum absolute atomic E-state index is 13.6. The van der Waals surface area contributed by atoms with Crippen molar-refractivity contribution >= 4 is 11.8 Å². The second-order valence-electron chi connectivity index (χ2n) is 8.67. The molecule has 0 radical (unpaired) electrons. The maximum Gasteiger partial charge on any atom is 0.260 e. The Morgan fingerprint density at radius 1 is 1.06 bits per heavy atom. The van der Waals surface area contributed by atoms with Gasteiger partial charge < -0.3 is 15.0 Å². The van der Waals surface area contributed by atoms with Gasteiger partial charge in [-0.05, 0) is 68.1 Å². The molecular formula is C25H31FN2O3. The highest BCUT2D eigenvalue weighted by atomic mass is 19.1. The summed E-state index contributed by atoms with van der Waals surface area (Å²) in [6.07, 6.45) is 0.0801. The van der Waals surface area contributed by atoms with Crippen LogP contribution >= 0.6 is 0 Å². The molecule has 0 fully saturated rings. The molecule has 0 bridgehead atoms. The summed E-state index contributed by atoms with van der Waals surface area (Å²) >= 11 is 0. The van der Waals surface area contributed by atoms with Crippen LogP contribution in [-0.4, -0.2) is 35.4 Å². The topological polar surface area (TPSA) is 58.6 Å². The van der Waals surface area contributed by atoms with Crippen LogP contribution < -0.4 is 10.1 Å². The number of ether oxygens (including phenoxy) is 1. The van der Waals surface area contributed by atoms with E-state index in [1.807, 2.05) is 50.8 Å². The number of hydrogen-bond acceptors (Lipinski definition) is 3. The molecule has 0 unspecified atom stereocenters. The molecule has 2 atom stereocenters. The zero-order valence-corrected chi connectivity index (χ0v) is 18.8. The number of halogens is 1. The van der Waals surface area contributed by atoms with E-state index in [0.717, 1.165) is 23.1 Å². The second kappa shape index (κ2) is 9.50. The number of nitrogens with zero attached hydrogens (tertiary/aromatic N) is 1. The quantitative estimate of drug-likeness (QED) is 0.751. The van der Waals surface area contributed by atoms with Gasteiger partial charge in [0.15, 0.2) is 6.10 Å². The number of benzene rings is 2. The molecular weight excluding hydrogens is 395 g/mol. The van der Waals surface area contributed by atoms with Crippen LogP contribution in [0.5, 0.6) is 5.75 Å². The largest absolute Gasteiger partial charge is 0.481 e. The van der Waals surface area contributed by atoms with Gasteiger partial charge in [0.2, 0.25) is 5.91 Å². The van der Waals surface area contributed by atoms with E-state index < -0.39 is 6.10 Å². The molecule has 0 aliphatic carbocycles. The van der Waals surface area contributed by atoms with Crippen molar-refractivity contribution in [1.29, 1.82) is 0 Å². The minimum Gasteiger partial charge on any atom is -0.481 e. The third kappa shape index (κ3) is 5.24. The second-order valence-corrected chi connectivity index (χ2v) is 8.67. The molecule has 166 valence electrons. The van der Waals surface area contributed by atoms with Gasteiger partial charge in [-0.25, -0.2) is 4.39 Å². The molecule has 0 aromatic heterocycles. The SMILES string of the molecule is CC(C)NC(=O)[C@@H](C)Oc1ccc2c(c1)[C@@H](c1ccc(F)cc1)N(C(=O)C(C)C)CC2. The average Bonchev–Trinajstić information content (AvgIpc) is 2.72. The zero-order valence-electron chi connectivity index (χ0n) is 18.8. The van der Waals surface area contributed by atoms with Crippen molar-refractivity contribution in [3.63, 3.8) is 0 Å². The lowest BCUT2D eigenvalue weighted by Gasteiger charge is -2.39. The van der Waals surface area contributed by atoms with E-state index in [2.05, 4.69) is 5.32 Å². The molecule has 1 aliphatic rings. The van der Waals surface area contributed by atoms with Gasteiger partial charge in [0.25, 0.3) is 5.91 Å². The summed E-state index contributed by atoms with van der Waals surface area (Å²) in [7, 11) is 0. The van der Waals surface area contributed by atoms with Crippen LogP contribution in [0, 0.1) is 11.7 Å². The van der Waals surface area contributed by atoms with Crippen LogP contribution in [0.1, 0.15) is 57.4 Å². The first kappa shape index (κ1) is 22.8. The highest BCUT2D eigenvalue weighted by molar-refractivity contribution is 5.81. The Morgan fingerprint density at radius 3 is 2.35 bits per heavy atom. The number of carbonyl (C=O) groups is 2. The van der Waals surface area contributed by atoms with Crippen LogP contribution in [0.3, 0.4) is 0 Å². The summed E-state index contributed by atoms with van der Waals surface area (Å²) < 4.78 is 19.5. The average molecular weight is 427 g/mol. The molecule has 1 aliphatic heterocycles. The zero-order chi connectivity index (χ0) is 22.7. The van der Waals surface area contributed by atoms with Gasteiger partial charge in [-0.1, -0.05) is 32.0 Å². The Balaban J connectivity index is 1.97. The highest BCUT2D eigenvalue weighted by Gasteiger charge is 2.33. The summed E-state index contributed by atoms with van der Waals surface area (Å²) in [5, 5.41) is 2.85. The minimum absolute atomic E-state index is 0.0283. The van der Waals surface area contributed by atoms with Crippen LogP contribution in [0.2, 0.25) is 0 Å². The molecule has 2 amide bonds. The number of hydrogen-bond donors (Lipinski definition) is 1. The minimum atomic E-state index is -0.651. The highest BCUT2D eigenvalue weighted by Crippen LogP contribution is 2.38. The predicted octanol–water partition coefficient (Wildman–Crippen LogP) is 4.25. The normalized spacial score (nSPS) is 16.8. The third-order valence-electron chi connectivity index (χ3n) is 5.42. The van der Waals surface area contributed by atoms with Crippen molar-refractivity contribution in [3.8, 4) is 5.75 Å². The Labute approximate surface area is 183 Å².